The summed E-state index contributed by atoms with van der Waals surface area (Å²) in [4.78, 5) is 11.3. The Balaban J connectivity index is 1.76. The zero-order valence-corrected chi connectivity index (χ0v) is 12.4. The molecule has 0 heterocycles. The molecule has 3 N–H and O–H groups in total. The fraction of sp³-hybridized carbons (Fsp3) is 0.389. The van der Waals surface area contributed by atoms with Crippen molar-refractivity contribution in [2.45, 2.75) is 38.3 Å². The highest BCUT2D eigenvalue weighted by Gasteiger charge is 2.29. The fourth-order valence-corrected chi connectivity index (χ4v) is 3.46. The second-order valence-corrected chi connectivity index (χ2v) is 6.07. The first-order valence-corrected chi connectivity index (χ1v) is 7.68. The fourth-order valence-electron chi connectivity index (χ4n) is 3.46. The van der Waals surface area contributed by atoms with Crippen molar-refractivity contribution in [2.75, 3.05) is 0 Å². The van der Waals surface area contributed by atoms with Crippen molar-refractivity contribution in [1.29, 1.82) is 0 Å². The van der Waals surface area contributed by atoms with E-state index in [-0.39, 0.29) is 17.9 Å². The van der Waals surface area contributed by atoms with Gasteiger partial charge in [-0.05, 0) is 42.5 Å². The number of carbonyl (C=O) groups is 1. The molecule has 21 heavy (non-hydrogen) atoms. The molecule has 0 radical (unpaired) electrons. The van der Waals surface area contributed by atoms with E-state index in [1.165, 1.54) is 16.3 Å². The SMILES string of the molecule is C[C@@H](NC1CCC(C(N)=O)C1)c1cccc2ccccc12. The Morgan fingerprint density at radius 1 is 1.19 bits per heavy atom. The van der Waals surface area contributed by atoms with Crippen LogP contribution in [0.1, 0.15) is 37.8 Å². The summed E-state index contributed by atoms with van der Waals surface area (Å²) in [6, 6.07) is 15.6. The lowest BCUT2D eigenvalue weighted by atomic mass is 9.99. The van der Waals surface area contributed by atoms with Crippen molar-refractivity contribution >= 4 is 16.7 Å². The lowest BCUT2D eigenvalue weighted by molar-refractivity contribution is -0.121. The topological polar surface area (TPSA) is 55.1 Å². The Hall–Kier alpha value is -1.87. The Bertz CT molecular complexity index is 647. The van der Waals surface area contributed by atoms with Crippen molar-refractivity contribution in [1.82, 2.24) is 5.32 Å². The summed E-state index contributed by atoms with van der Waals surface area (Å²) >= 11 is 0. The molecule has 2 unspecified atom stereocenters. The molecule has 2 aromatic rings. The first-order valence-electron chi connectivity index (χ1n) is 7.68. The molecule has 0 saturated heterocycles. The smallest absolute Gasteiger partial charge is 0.220 e. The molecule has 3 atom stereocenters. The van der Waals surface area contributed by atoms with Gasteiger partial charge in [-0.25, -0.2) is 0 Å². The zero-order chi connectivity index (χ0) is 14.8. The minimum absolute atomic E-state index is 0.0437. The van der Waals surface area contributed by atoms with Gasteiger partial charge in [-0.2, -0.15) is 0 Å². The molecule has 3 heteroatoms. The van der Waals surface area contributed by atoms with E-state index in [0.717, 1.165) is 19.3 Å². The molecule has 1 aliphatic carbocycles. The van der Waals surface area contributed by atoms with Gasteiger partial charge in [0.2, 0.25) is 5.91 Å². The monoisotopic (exact) mass is 282 g/mol. The third kappa shape index (κ3) is 2.93. The number of benzene rings is 2. The molecule has 1 saturated carbocycles. The Kier molecular flexibility index (Phi) is 3.93. The van der Waals surface area contributed by atoms with E-state index in [0.29, 0.717) is 6.04 Å². The van der Waals surface area contributed by atoms with Gasteiger partial charge in [0.05, 0.1) is 0 Å². The summed E-state index contributed by atoms with van der Waals surface area (Å²) in [5.74, 6) is -0.112. The maximum Gasteiger partial charge on any atom is 0.220 e. The highest BCUT2D eigenvalue weighted by atomic mass is 16.1. The van der Waals surface area contributed by atoms with Crippen LogP contribution >= 0.6 is 0 Å². The molecule has 1 fully saturated rings. The standard InChI is InChI=1S/C18H22N2O/c1-12(20-15-10-9-14(11-15)18(19)21)16-8-4-6-13-5-2-3-7-17(13)16/h2-8,12,14-15,20H,9-11H2,1H3,(H2,19,21)/t12-,14?,15?/m1/s1. The molecule has 0 aromatic heterocycles. The van der Waals surface area contributed by atoms with E-state index in [2.05, 4.69) is 54.7 Å². The van der Waals surface area contributed by atoms with Gasteiger partial charge in [-0.1, -0.05) is 42.5 Å². The van der Waals surface area contributed by atoms with E-state index < -0.39 is 0 Å². The van der Waals surface area contributed by atoms with E-state index >= 15 is 0 Å². The minimum Gasteiger partial charge on any atom is -0.369 e. The number of fused-ring (bicyclic) bond motifs is 1. The van der Waals surface area contributed by atoms with Crippen molar-refractivity contribution in [3.05, 3.63) is 48.0 Å². The van der Waals surface area contributed by atoms with Crippen LogP contribution in [0.15, 0.2) is 42.5 Å². The predicted molar refractivity (Wildman–Crippen MR) is 85.8 cm³/mol. The van der Waals surface area contributed by atoms with Gasteiger partial charge in [0, 0.05) is 18.0 Å². The number of nitrogens with two attached hydrogens (primary N) is 1. The van der Waals surface area contributed by atoms with Crippen LogP contribution in [0.3, 0.4) is 0 Å². The summed E-state index contributed by atoms with van der Waals surface area (Å²) in [5.41, 5.74) is 6.72. The van der Waals surface area contributed by atoms with Gasteiger partial charge < -0.3 is 11.1 Å². The third-order valence-corrected chi connectivity index (χ3v) is 4.61. The van der Waals surface area contributed by atoms with Crippen molar-refractivity contribution < 1.29 is 4.79 Å². The predicted octanol–water partition coefficient (Wildman–Crippen LogP) is 3.14. The highest BCUT2D eigenvalue weighted by Crippen LogP contribution is 2.29. The Labute approximate surface area is 125 Å². The number of hydrogen-bond acceptors (Lipinski definition) is 2. The molecule has 0 aliphatic heterocycles. The van der Waals surface area contributed by atoms with Crippen LogP contribution in [0.25, 0.3) is 10.8 Å². The number of rotatable bonds is 4. The van der Waals surface area contributed by atoms with Crippen LogP contribution in [0, 0.1) is 5.92 Å². The number of amides is 1. The van der Waals surface area contributed by atoms with Crippen molar-refractivity contribution in [3.63, 3.8) is 0 Å². The number of primary amides is 1. The maximum absolute atomic E-state index is 11.3. The van der Waals surface area contributed by atoms with E-state index in [1.54, 1.807) is 0 Å². The second-order valence-electron chi connectivity index (χ2n) is 6.07. The molecule has 3 nitrogen and oxygen atoms in total. The highest BCUT2D eigenvalue weighted by molar-refractivity contribution is 5.86. The molecule has 3 rings (SSSR count). The van der Waals surface area contributed by atoms with E-state index in [1.807, 2.05) is 0 Å². The van der Waals surface area contributed by atoms with Crippen molar-refractivity contribution in [2.24, 2.45) is 11.7 Å². The molecule has 1 amide bonds. The number of carbonyl (C=O) groups excluding carboxylic acids is 1. The van der Waals surface area contributed by atoms with Crippen LogP contribution < -0.4 is 11.1 Å². The van der Waals surface area contributed by atoms with Gasteiger partial charge in [-0.15, -0.1) is 0 Å². The maximum atomic E-state index is 11.3. The molecule has 1 aliphatic rings. The summed E-state index contributed by atoms with van der Waals surface area (Å²) in [6.07, 6.45) is 2.81. The van der Waals surface area contributed by atoms with Gasteiger partial charge >= 0.3 is 0 Å². The molecule has 0 bridgehead atoms. The Morgan fingerprint density at radius 3 is 2.71 bits per heavy atom. The molecular weight excluding hydrogens is 260 g/mol. The summed E-state index contributed by atoms with van der Waals surface area (Å²) in [5, 5.41) is 6.23. The molecular formula is C18H22N2O. The van der Waals surface area contributed by atoms with Gasteiger partial charge in [0.25, 0.3) is 0 Å². The first-order chi connectivity index (χ1) is 10.1. The quantitative estimate of drug-likeness (QED) is 0.905. The van der Waals surface area contributed by atoms with Crippen LogP contribution in [0.2, 0.25) is 0 Å². The average molecular weight is 282 g/mol. The number of hydrogen-bond donors (Lipinski definition) is 2. The Morgan fingerprint density at radius 2 is 1.95 bits per heavy atom. The largest absolute Gasteiger partial charge is 0.369 e. The molecule has 0 spiro atoms. The van der Waals surface area contributed by atoms with Crippen LogP contribution in [0.4, 0.5) is 0 Å². The first kappa shape index (κ1) is 14.1. The zero-order valence-electron chi connectivity index (χ0n) is 12.4. The second kappa shape index (κ2) is 5.86. The summed E-state index contributed by atoms with van der Waals surface area (Å²) < 4.78 is 0. The summed E-state index contributed by atoms with van der Waals surface area (Å²) in [7, 11) is 0. The van der Waals surface area contributed by atoms with E-state index in [4.69, 9.17) is 5.73 Å². The van der Waals surface area contributed by atoms with Gasteiger partial charge in [-0.3, -0.25) is 4.79 Å². The molecule has 2 aromatic carbocycles. The lowest BCUT2D eigenvalue weighted by Gasteiger charge is -2.21. The van der Waals surface area contributed by atoms with Crippen LogP contribution in [-0.4, -0.2) is 11.9 Å². The molecule has 110 valence electrons. The average Bonchev–Trinajstić information content (AvgIpc) is 2.95. The minimum atomic E-state index is -0.155. The third-order valence-electron chi connectivity index (χ3n) is 4.61. The van der Waals surface area contributed by atoms with E-state index in [9.17, 15) is 4.79 Å². The number of nitrogens with one attached hydrogen (secondary N) is 1. The lowest BCUT2D eigenvalue weighted by Crippen LogP contribution is -2.30. The van der Waals surface area contributed by atoms with Gasteiger partial charge in [0.15, 0.2) is 0 Å². The normalized spacial score (nSPS) is 23.3. The van der Waals surface area contributed by atoms with Crippen LogP contribution in [0.5, 0.6) is 0 Å². The summed E-state index contributed by atoms with van der Waals surface area (Å²) in [6.45, 7) is 2.19. The van der Waals surface area contributed by atoms with Crippen LogP contribution in [-0.2, 0) is 4.79 Å². The van der Waals surface area contributed by atoms with Crippen molar-refractivity contribution in [3.8, 4) is 0 Å². The van der Waals surface area contributed by atoms with Gasteiger partial charge in [0.1, 0.15) is 0 Å².